The third-order valence-corrected chi connectivity index (χ3v) is 4.55. The monoisotopic (exact) mass is 350 g/mol. The Morgan fingerprint density at radius 1 is 0.481 bits per heavy atom. The van der Waals surface area contributed by atoms with Crippen LogP contribution in [0, 0.1) is 0 Å². The van der Waals surface area contributed by atoms with Crippen LogP contribution in [0.15, 0.2) is 103 Å². The fraction of sp³-hybridized carbons (Fsp3) is 0. The van der Waals surface area contributed by atoms with Gasteiger partial charge in [0.05, 0.1) is 0 Å². The van der Waals surface area contributed by atoms with Crippen LogP contribution in [0.4, 0.5) is 0 Å². The van der Waals surface area contributed by atoms with Crippen LogP contribution in [0.3, 0.4) is 0 Å². The highest BCUT2D eigenvalue weighted by molar-refractivity contribution is 6.17. The molecular formula is C24H19BO2. The molecule has 0 radical (unpaired) electrons. The molecule has 1 N–H and O–H groups in total. The van der Waals surface area contributed by atoms with Crippen LogP contribution in [0.2, 0.25) is 0 Å². The average Bonchev–Trinajstić information content (AvgIpc) is 2.75. The Morgan fingerprint density at radius 2 is 0.963 bits per heavy atom. The number of hydrogen-bond acceptors (Lipinski definition) is 2. The zero-order valence-corrected chi connectivity index (χ0v) is 14.9. The van der Waals surface area contributed by atoms with Crippen molar-refractivity contribution in [3.63, 3.8) is 0 Å². The first-order chi connectivity index (χ1) is 13.3. The van der Waals surface area contributed by atoms with E-state index < -0.39 is 0 Å². The number of benzene rings is 4. The summed E-state index contributed by atoms with van der Waals surface area (Å²) in [5, 5.41) is 9.04. The zero-order valence-electron chi connectivity index (χ0n) is 14.9. The number of hydrogen-bond donors (Lipinski definition) is 1. The van der Waals surface area contributed by atoms with Gasteiger partial charge in [0.2, 0.25) is 0 Å². The molecule has 2 nitrogen and oxygen atoms in total. The molecule has 0 amide bonds. The molecule has 0 unspecified atom stereocenters. The van der Waals surface area contributed by atoms with Gasteiger partial charge in [-0.1, -0.05) is 72.8 Å². The maximum Gasteiger partial charge on any atom is 0.504 e. The average molecular weight is 350 g/mol. The molecule has 0 atom stereocenters. The lowest BCUT2D eigenvalue weighted by Gasteiger charge is -2.12. The summed E-state index contributed by atoms with van der Waals surface area (Å²) >= 11 is 0. The minimum atomic E-state index is -0.331. The predicted octanol–water partition coefficient (Wildman–Crippen LogP) is 5.33. The molecule has 4 aromatic carbocycles. The summed E-state index contributed by atoms with van der Waals surface area (Å²) in [6.45, 7) is 0. The van der Waals surface area contributed by atoms with Crippen molar-refractivity contribution >= 4 is 7.69 Å². The minimum absolute atomic E-state index is 0.331. The Balaban J connectivity index is 1.87. The molecule has 0 heterocycles. The molecule has 0 saturated carbocycles. The molecule has 4 aromatic rings. The Bertz CT molecular complexity index is 973. The second-order valence-corrected chi connectivity index (χ2v) is 6.33. The van der Waals surface area contributed by atoms with Gasteiger partial charge in [-0.15, -0.1) is 0 Å². The van der Waals surface area contributed by atoms with E-state index in [0.29, 0.717) is 5.75 Å². The lowest BCUT2D eigenvalue weighted by Crippen LogP contribution is -1.99. The second kappa shape index (κ2) is 7.94. The standard InChI is InChI=1S/C24H19BO2/c26-25-27-24-13-7-12-20(17-24)23-15-21(18-8-3-1-4-9-18)14-22(16-23)19-10-5-2-6-11-19/h1-17,25-26H. The molecule has 27 heavy (non-hydrogen) atoms. The van der Waals surface area contributed by atoms with Gasteiger partial charge < -0.3 is 9.68 Å². The Morgan fingerprint density at radius 3 is 1.48 bits per heavy atom. The van der Waals surface area contributed by atoms with E-state index in [4.69, 9.17) is 9.68 Å². The van der Waals surface area contributed by atoms with Crippen LogP contribution >= 0.6 is 0 Å². The van der Waals surface area contributed by atoms with Gasteiger partial charge in [0.15, 0.2) is 0 Å². The SMILES string of the molecule is OBOc1cccc(-c2cc(-c3ccccc3)cc(-c3ccccc3)c2)c1. The van der Waals surface area contributed by atoms with Gasteiger partial charge in [0.25, 0.3) is 0 Å². The molecule has 0 aliphatic heterocycles. The maximum absolute atomic E-state index is 9.04. The molecule has 0 aliphatic rings. The maximum atomic E-state index is 9.04. The molecule has 0 spiro atoms. The van der Waals surface area contributed by atoms with Gasteiger partial charge in [-0.25, -0.2) is 0 Å². The van der Waals surface area contributed by atoms with Crippen molar-refractivity contribution in [2.24, 2.45) is 0 Å². The normalized spacial score (nSPS) is 10.4. The predicted molar refractivity (Wildman–Crippen MR) is 113 cm³/mol. The first-order valence-electron chi connectivity index (χ1n) is 8.93. The van der Waals surface area contributed by atoms with Crippen molar-refractivity contribution in [1.82, 2.24) is 0 Å². The van der Waals surface area contributed by atoms with Crippen LogP contribution in [0.25, 0.3) is 33.4 Å². The highest BCUT2D eigenvalue weighted by Gasteiger charge is 2.08. The third kappa shape index (κ3) is 3.94. The van der Waals surface area contributed by atoms with E-state index in [9.17, 15) is 0 Å². The second-order valence-electron chi connectivity index (χ2n) is 6.33. The Kier molecular flexibility index (Phi) is 5.04. The lowest BCUT2D eigenvalue weighted by atomic mass is 9.93. The van der Waals surface area contributed by atoms with Gasteiger partial charge in [0.1, 0.15) is 5.75 Å². The van der Waals surface area contributed by atoms with E-state index in [1.165, 1.54) is 22.3 Å². The lowest BCUT2D eigenvalue weighted by molar-refractivity contribution is 0.454. The highest BCUT2D eigenvalue weighted by Crippen LogP contribution is 2.33. The molecule has 0 aliphatic carbocycles. The number of rotatable bonds is 5. The topological polar surface area (TPSA) is 29.5 Å². The van der Waals surface area contributed by atoms with Crippen molar-refractivity contribution in [3.8, 4) is 39.1 Å². The van der Waals surface area contributed by atoms with Gasteiger partial charge in [0, 0.05) is 0 Å². The molecule has 4 rings (SSSR count). The summed E-state index contributed by atoms with van der Waals surface area (Å²) < 4.78 is 5.25. The van der Waals surface area contributed by atoms with E-state index in [1.807, 2.05) is 30.3 Å². The summed E-state index contributed by atoms with van der Waals surface area (Å²) in [5.41, 5.74) is 6.86. The largest absolute Gasteiger partial charge is 0.539 e. The molecule has 0 fully saturated rings. The van der Waals surface area contributed by atoms with Gasteiger partial charge in [-0.05, 0) is 63.7 Å². The molecule has 130 valence electrons. The first kappa shape index (κ1) is 17.1. The van der Waals surface area contributed by atoms with Crippen molar-refractivity contribution in [1.29, 1.82) is 0 Å². The van der Waals surface area contributed by atoms with Crippen molar-refractivity contribution < 1.29 is 9.68 Å². The molecule has 0 saturated heterocycles. The van der Waals surface area contributed by atoms with E-state index in [0.717, 1.165) is 11.1 Å². The Labute approximate surface area is 160 Å². The van der Waals surface area contributed by atoms with Gasteiger partial charge in [-0.2, -0.15) is 0 Å². The first-order valence-corrected chi connectivity index (χ1v) is 8.93. The molecule has 3 heteroatoms. The van der Waals surface area contributed by atoms with Crippen LogP contribution in [0.5, 0.6) is 5.75 Å². The van der Waals surface area contributed by atoms with Crippen LogP contribution in [0.1, 0.15) is 0 Å². The summed E-state index contributed by atoms with van der Waals surface area (Å²) in [6.07, 6.45) is 0. The molecule has 0 bridgehead atoms. The quantitative estimate of drug-likeness (QED) is 0.493. The van der Waals surface area contributed by atoms with Gasteiger partial charge in [-0.3, -0.25) is 0 Å². The van der Waals surface area contributed by atoms with E-state index >= 15 is 0 Å². The van der Waals surface area contributed by atoms with Crippen molar-refractivity contribution in [2.75, 3.05) is 0 Å². The fourth-order valence-electron chi connectivity index (χ4n) is 3.23. The fourth-order valence-corrected chi connectivity index (χ4v) is 3.23. The van der Waals surface area contributed by atoms with Crippen LogP contribution in [-0.2, 0) is 0 Å². The van der Waals surface area contributed by atoms with Crippen LogP contribution < -0.4 is 4.65 Å². The zero-order chi connectivity index (χ0) is 18.5. The van der Waals surface area contributed by atoms with Crippen molar-refractivity contribution in [2.45, 2.75) is 0 Å². The summed E-state index contributed by atoms with van der Waals surface area (Å²) in [4.78, 5) is 0. The summed E-state index contributed by atoms with van der Waals surface area (Å²) in [7, 11) is -0.331. The van der Waals surface area contributed by atoms with Crippen LogP contribution in [-0.4, -0.2) is 12.7 Å². The molecule has 0 aromatic heterocycles. The minimum Gasteiger partial charge on any atom is -0.539 e. The summed E-state index contributed by atoms with van der Waals surface area (Å²) in [6, 6.07) is 35.2. The van der Waals surface area contributed by atoms with E-state index in [-0.39, 0.29) is 7.69 Å². The van der Waals surface area contributed by atoms with Gasteiger partial charge >= 0.3 is 7.69 Å². The van der Waals surface area contributed by atoms with Crippen molar-refractivity contribution in [3.05, 3.63) is 103 Å². The van der Waals surface area contributed by atoms with E-state index in [1.54, 1.807) is 0 Å². The highest BCUT2D eigenvalue weighted by atomic mass is 16.5. The smallest absolute Gasteiger partial charge is 0.504 e. The molecular weight excluding hydrogens is 331 g/mol. The third-order valence-electron chi connectivity index (χ3n) is 4.55. The Hall–Kier alpha value is -3.30. The van der Waals surface area contributed by atoms with E-state index in [2.05, 4.69) is 72.8 Å². The summed E-state index contributed by atoms with van der Waals surface area (Å²) in [5.74, 6) is 0.654.